The van der Waals surface area contributed by atoms with Gasteiger partial charge in [-0.25, -0.2) is 0 Å². The molecule has 2 N–H and O–H groups in total. The predicted octanol–water partition coefficient (Wildman–Crippen LogP) is 1.46. The van der Waals surface area contributed by atoms with Crippen molar-refractivity contribution in [3.63, 3.8) is 0 Å². The normalized spacial score (nSPS) is 14.0. The molecule has 0 aliphatic carbocycles. The minimum Gasteiger partial charge on any atom is -0.506 e. The van der Waals surface area contributed by atoms with Crippen molar-refractivity contribution in [2.45, 2.75) is 6.42 Å². The lowest BCUT2D eigenvalue weighted by molar-refractivity contribution is 0.167. The van der Waals surface area contributed by atoms with Crippen LogP contribution < -0.4 is 9.47 Å². The number of phenolic OH excluding ortho intramolecular Hbond substituents is 1. The van der Waals surface area contributed by atoms with Gasteiger partial charge >= 0.3 is 0 Å². The molecule has 1 aliphatic rings. The lowest BCUT2D eigenvalue weighted by Crippen LogP contribution is -2.17. The fourth-order valence-electron chi connectivity index (χ4n) is 1.55. The number of ether oxygens (including phenoxy) is 2. The third-order valence-electron chi connectivity index (χ3n) is 2.22. The number of aliphatic hydroxyl groups is 1. The largest absolute Gasteiger partial charge is 0.506 e. The van der Waals surface area contributed by atoms with Crippen molar-refractivity contribution in [1.82, 2.24) is 0 Å². The van der Waals surface area contributed by atoms with Crippen LogP contribution in [0.3, 0.4) is 0 Å². The Morgan fingerprint density at radius 3 is 2.80 bits per heavy atom. The second kappa shape index (κ2) is 4.28. The highest BCUT2D eigenvalue weighted by molar-refractivity contribution is 9.10. The molecular formula is C10H11BrO4. The maximum Gasteiger partial charge on any atom is 0.168 e. The van der Waals surface area contributed by atoms with E-state index in [0.717, 1.165) is 0 Å². The molecule has 1 aliphatic heterocycles. The van der Waals surface area contributed by atoms with Crippen molar-refractivity contribution in [2.75, 3.05) is 19.8 Å². The number of aliphatic hydroxyl groups excluding tert-OH is 1. The van der Waals surface area contributed by atoms with Gasteiger partial charge in [-0.05, 0) is 15.9 Å². The van der Waals surface area contributed by atoms with E-state index in [1.165, 1.54) is 0 Å². The molecule has 4 nitrogen and oxygen atoms in total. The number of rotatable bonds is 2. The number of halogens is 1. The van der Waals surface area contributed by atoms with Crippen LogP contribution in [0, 0.1) is 0 Å². The molecule has 2 rings (SSSR count). The van der Waals surface area contributed by atoms with Gasteiger partial charge in [0.1, 0.15) is 19.0 Å². The van der Waals surface area contributed by atoms with E-state index in [4.69, 9.17) is 14.6 Å². The van der Waals surface area contributed by atoms with E-state index in [-0.39, 0.29) is 12.4 Å². The SMILES string of the molecule is OCCc1c(O)c(Br)cc2c1OCCO2. The van der Waals surface area contributed by atoms with Gasteiger partial charge < -0.3 is 19.7 Å². The van der Waals surface area contributed by atoms with E-state index < -0.39 is 0 Å². The fraction of sp³-hybridized carbons (Fsp3) is 0.400. The van der Waals surface area contributed by atoms with Crippen LogP contribution in [-0.2, 0) is 6.42 Å². The highest BCUT2D eigenvalue weighted by Crippen LogP contribution is 2.43. The van der Waals surface area contributed by atoms with Crippen molar-refractivity contribution >= 4 is 15.9 Å². The topological polar surface area (TPSA) is 58.9 Å². The van der Waals surface area contributed by atoms with Gasteiger partial charge in [-0.2, -0.15) is 0 Å². The summed E-state index contributed by atoms with van der Waals surface area (Å²) in [4.78, 5) is 0. The minimum absolute atomic E-state index is 0.0419. The Labute approximate surface area is 95.6 Å². The van der Waals surface area contributed by atoms with E-state index in [1.807, 2.05) is 0 Å². The molecule has 0 saturated carbocycles. The van der Waals surface area contributed by atoms with E-state index in [9.17, 15) is 5.11 Å². The van der Waals surface area contributed by atoms with Gasteiger partial charge in [0, 0.05) is 24.7 Å². The summed E-state index contributed by atoms with van der Waals surface area (Å²) in [7, 11) is 0. The summed E-state index contributed by atoms with van der Waals surface area (Å²) >= 11 is 3.23. The molecule has 1 aromatic rings. The Balaban J connectivity index is 2.52. The van der Waals surface area contributed by atoms with E-state index in [2.05, 4.69) is 15.9 Å². The number of aromatic hydroxyl groups is 1. The van der Waals surface area contributed by atoms with Crippen LogP contribution >= 0.6 is 15.9 Å². The summed E-state index contributed by atoms with van der Waals surface area (Å²) in [5, 5.41) is 18.7. The molecule has 1 heterocycles. The first-order valence-corrected chi connectivity index (χ1v) is 5.44. The Hall–Kier alpha value is -0.940. The average Bonchev–Trinajstić information content (AvgIpc) is 2.25. The van der Waals surface area contributed by atoms with Crippen molar-refractivity contribution in [3.05, 3.63) is 16.1 Å². The van der Waals surface area contributed by atoms with Gasteiger partial charge in [-0.15, -0.1) is 0 Å². The average molecular weight is 275 g/mol. The van der Waals surface area contributed by atoms with Crippen LogP contribution in [0.1, 0.15) is 5.56 Å². The lowest BCUT2D eigenvalue weighted by Gasteiger charge is -2.22. The predicted molar refractivity (Wildman–Crippen MR) is 57.6 cm³/mol. The molecule has 15 heavy (non-hydrogen) atoms. The molecule has 0 aromatic heterocycles. The summed E-state index contributed by atoms with van der Waals surface area (Å²) in [6.07, 6.45) is 0.344. The molecule has 82 valence electrons. The smallest absolute Gasteiger partial charge is 0.168 e. The number of hydrogen-bond donors (Lipinski definition) is 2. The van der Waals surface area contributed by atoms with Crippen LogP contribution in [0.15, 0.2) is 10.5 Å². The first-order valence-electron chi connectivity index (χ1n) is 4.65. The van der Waals surface area contributed by atoms with Crippen molar-refractivity contribution in [2.24, 2.45) is 0 Å². The van der Waals surface area contributed by atoms with Gasteiger partial charge in [-0.3, -0.25) is 0 Å². The number of benzene rings is 1. The number of hydrogen-bond acceptors (Lipinski definition) is 4. The second-order valence-electron chi connectivity index (χ2n) is 3.18. The zero-order chi connectivity index (χ0) is 10.8. The van der Waals surface area contributed by atoms with Crippen molar-refractivity contribution < 1.29 is 19.7 Å². The highest BCUT2D eigenvalue weighted by atomic mass is 79.9. The van der Waals surface area contributed by atoms with Crippen molar-refractivity contribution in [3.8, 4) is 17.2 Å². The highest BCUT2D eigenvalue weighted by Gasteiger charge is 2.21. The zero-order valence-electron chi connectivity index (χ0n) is 7.99. The number of fused-ring (bicyclic) bond motifs is 1. The fourth-order valence-corrected chi connectivity index (χ4v) is 2.00. The Bertz CT molecular complexity index is 378. The Morgan fingerprint density at radius 2 is 2.07 bits per heavy atom. The van der Waals surface area contributed by atoms with Crippen LogP contribution in [0.4, 0.5) is 0 Å². The molecule has 0 unspecified atom stereocenters. The Morgan fingerprint density at radius 1 is 1.33 bits per heavy atom. The quantitative estimate of drug-likeness (QED) is 0.858. The van der Waals surface area contributed by atoms with Crippen LogP contribution in [0.5, 0.6) is 17.2 Å². The van der Waals surface area contributed by atoms with E-state index >= 15 is 0 Å². The molecule has 0 bridgehead atoms. The molecule has 0 fully saturated rings. The first kappa shape index (κ1) is 10.6. The summed E-state index contributed by atoms with van der Waals surface area (Å²) in [5.41, 5.74) is 0.585. The summed E-state index contributed by atoms with van der Waals surface area (Å²) in [6, 6.07) is 1.67. The van der Waals surface area contributed by atoms with Gasteiger partial charge in [0.2, 0.25) is 0 Å². The molecule has 0 amide bonds. The molecule has 0 atom stereocenters. The number of phenols is 1. The summed E-state index contributed by atoms with van der Waals surface area (Å²) in [6.45, 7) is 0.926. The maximum absolute atomic E-state index is 9.79. The van der Waals surface area contributed by atoms with Gasteiger partial charge in [0.15, 0.2) is 11.5 Å². The van der Waals surface area contributed by atoms with Gasteiger partial charge in [0.25, 0.3) is 0 Å². The van der Waals surface area contributed by atoms with Crippen LogP contribution in [0.2, 0.25) is 0 Å². The van der Waals surface area contributed by atoms with Crippen LogP contribution in [0.25, 0.3) is 0 Å². The molecule has 0 spiro atoms. The maximum atomic E-state index is 9.79. The van der Waals surface area contributed by atoms with Gasteiger partial charge in [-0.1, -0.05) is 0 Å². The van der Waals surface area contributed by atoms with Gasteiger partial charge in [0.05, 0.1) is 4.47 Å². The molecule has 1 aromatic carbocycles. The Kier molecular flexibility index (Phi) is 3.02. The van der Waals surface area contributed by atoms with E-state index in [1.54, 1.807) is 6.07 Å². The minimum atomic E-state index is -0.0419. The molecular weight excluding hydrogens is 264 g/mol. The van der Waals surface area contributed by atoms with E-state index in [0.29, 0.717) is 41.2 Å². The lowest BCUT2D eigenvalue weighted by atomic mass is 10.1. The molecule has 5 heteroatoms. The van der Waals surface area contributed by atoms with Crippen molar-refractivity contribution in [1.29, 1.82) is 0 Å². The third kappa shape index (κ3) is 1.89. The van der Waals surface area contributed by atoms with Crippen LogP contribution in [-0.4, -0.2) is 30.0 Å². The second-order valence-corrected chi connectivity index (χ2v) is 4.04. The molecule has 0 saturated heterocycles. The standard InChI is InChI=1S/C10H11BrO4/c11-7-5-8-10(15-4-3-14-8)6(1-2-12)9(7)13/h5,12-13H,1-4H2. The monoisotopic (exact) mass is 274 g/mol. The summed E-state index contributed by atoms with van der Waals surface area (Å²) < 4.78 is 11.4. The summed E-state index contributed by atoms with van der Waals surface area (Å²) in [5.74, 6) is 1.25. The third-order valence-corrected chi connectivity index (χ3v) is 2.82. The zero-order valence-corrected chi connectivity index (χ0v) is 9.58. The first-order chi connectivity index (χ1) is 7.24. The molecule has 0 radical (unpaired) electrons.